The summed E-state index contributed by atoms with van der Waals surface area (Å²) in [6.07, 6.45) is 0. The maximum atomic E-state index is 12.1. The SMILES string of the molecule is COc1cccc(CNC(=O)Nc2cc(NC(C)=O)ccc2C)c1. The molecule has 3 N–H and O–H groups in total. The number of amides is 3. The molecule has 2 aromatic rings. The molecule has 0 bridgehead atoms. The van der Waals surface area contributed by atoms with Crippen molar-refractivity contribution in [1.29, 1.82) is 0 Å². The highest BCUT2D eigenvalue weighted by atomic mass is 16.5. The lowest BCUT2D eigenvalue weighted by atomic mass is 10.2. The fraction of sp³-hybridized carbons (Fsp3) is 0.222. The molecule has 0 aliphatic rings. The van der Waals surface area contributed by atoms with Crippen molar-refractivity contribution in [3.63, 3.8) is 0 Å². The fourth-order valence-electron chi connectivity index (χ4n) is 2.17. The Kier molecular flexibility index (Phi) is 5.78. The van der Waals surface area contributed by atoms with Crippen LogP contribution in [0.3, 0.4) is 0 Å². The third-order valence-corrected chi connectivity index (χ3v) is 3.39. The number of ether oxygens (including phenoxy) is 1. The van der Waals surface area contributed by atoms with E-state index in [4.69, 9.17) is 4.74 Å². The van der Waals surface area contributed by atoms with E-state index in [1.54, 1.807) is 19.2 Å². The van der Waals surface area contributed by atoms with E-state index in [9.17, 15) is 9.59 Å². The van der Waals surface area contributed by atoms with Gasteiger partial charge in [-0.15, -0.1) is 0 Å². The number of hydrogen-bond donors (Lipinski definition) is 3. The van der Waals surface area contributed by atoms with Gasteiger partial charge < -0.3 is 20.7 Å². The predicted molar refractivity (Wildman–Crippen MR) is 94.3 cm³/mol. The molecule has 6 nitrogen and oxygen atoms in total. The van der Waals surface area contributed by atoms with Gasteiger partial charge in [0.2, 0.25) is 5.91 Å². The highest BCUT2D eigenvalue weighted by molar-refractivity contribution is 5.93. The molecule has 0 aromatic heterocycles. The molecule has 0 saturated heterocycles. The molecule has 6 heteroatoms. The second-order valence-electron chi connectivity index (χ2n) is 5.37. The Hall–Kier alpha value is -3.02. The monoisotopic (exact) mass is 327 g/mol. The second-order valence-corrected chi connectivity index (χ2v) is 5.37. The van der Waals surface area contributed by atoms with Gasteiger partial charge in [0.1, 0.15) is 5.75 Å². The van der Waals surface area contributed by atoms with Crippen LogP contribution in [0.1, 0.15) is 18.1 Å². The van der Waals surface area contributed by atoms with Crippen molar-refractivity contribution in [3.05, 3.63) is 53.6 Å². The van der Waals surface area contributed by atoms with Gasteiger partial charge in [0, 0.05) is 24.8 Å². The van der Waals surface area contributed by atoms with Gasteiger partial charge in [0.05, 0.1) is 7.11 Å². The molecule has 2 aromatic carbocycles. The van der Waals surface area contributed by atoms with Crippen LogP contribution in [-0.4, -0.2) is 19.0 Å². The van der Waals surface area contributed by atoms with E-state index in [1.165, 1.54) is 6.92 Å². The van der Waals surface area contributed by atoms with E-state index in [1.807, 2.05) is 37.3 Å². The zero-order valence-corrected chi connectivity index (χ0v) is 14.0. The van der Waals surface area contributed by atoms with Gasteiger partial charge in [-0.25, -0.2) is 4.79 Å². The van der Waals surface area contributed by atoms with Crippen LogP contribution in [0.5, 0.6) is 5.75 Å². The minimum absolute atomic E-state index is 0.160. The van der Waals surface area contributed by atoms with E-state index in [2.05, 4.69) is 16.0 Å². The van der Waals surface area contributed by atoms with E-state index in [0.717, 1.165) is 16.9 Å². The number of benzene rings is 2. The molecular weight excluding hydrogens is 306 g/mol. The largest absolute Gasteiger partial charge is 0.497 e. The third-order valence-electron chi connectivity index (χ3n) is 3.39. The van der Waals surface area contributed by atoms with Crippen molar-refractivity contribution >= 4 is 23.3 Å². The number of aryl methyl sites for hydroxylation is 1. The Morgan fingerprint density at radius 1 is 1.08 bits per heavy atom. The van der Waals surface area contributed by atoms with Crippen LogP contribution in [0.2, 0.25) is 0 Å². The molecule has 0 spiro atoms. The Morgan fingerprint density at radius 2 is 1.88 bits per heavy atom. The fourth-order valence-corrected chi connectivity index (χ4v) is 2.17. The lowest BCUT2D eigenvalue weighted by molar-refractivity contribution is -0.114. The van der Waals surface area contributed by atoms with Crippen molar-refractivity contribution in [2.45, 2.75) is 20.4 Å². The van der Waals surface area contributed by atoms with Crippen molar-refractivity contribution in [3.8, 4) is 5.75 Å². The molecule has 24 heavy (non-hydrogen) atoms. The molecule has 0 saturated carbocycles. The van der Waals surface area contributed by atoms with Gasteiger partial charge in [-0.05, 0) is 42.3 Å². The molecule has 0 radical (unpaired) electrons. The van der Waals surface area contributed by atoms with E-state index in [-0.39, 0.29) is 11.9 Å². The molecule has 0 aliphatic carbocycles. The van der Waals surface area contributed by atoms with Crippen LogP contribution in [0.25, 0.3) is 0 Å². The van der Waals surface area contributed by atoms with Crippen molar-refractivity contribution < 1.29 is 14.3 Å². The highest BCUT2D eigenvalue weighted by Gasteiger charge is 2.06. The molecule has 0 aliphatic heterocycles. The number of nitrogens with one attached hydrogen (secondary N) is 3. The van der Waals surface area contributed by atoms with Crippen LogP contribution in [-0.2, 0) is 11.3 Å². The van der Waals surface area contributed by atoms with Crippen LogP contribution < -0.4 is 20.7 Å². The average molecular weight is 327 g/mol. The molecule has 126 valence electrons. The Morgan fingerprint density at radius 3 is 2.58 bits per heavy atom. The number of urea groups is 1. The van der Waals surface area contributed by atoms with Gasteiger partial charge in [0.15, 0.2) is 0 Å². The summed E-state index contributed by atoms with van der Waals surface area (Å²) in [6.45, 7) is 3.70. The molecule has 0 unspecified atom stereocenters. The molecule has 3 amide bonds. The first-order chi connectivity index (χ1) is 11.5. The quantitative estimate of drug-likeness (QED) is 0.788. The number of carbonyl (C=O) groups excluding carboxylic acids is 2. The van der Waals surface area contributed by atoms with Crippen molar-refractivity contribution in [1.82, 2.24) is 5.32 Å². The topological polar surface area (TPSA) is 79.5 Å². The standard InChI is InChI=1S/C18H21N3O3/c1-12-7-8-15(20-13(2)22)10-17(12)21-18(23)19-11-14-5-4-6-16(9-14)24-3/h4-10H,11H2,1-3H3,(H,20,22)(H2,19,21,23). The summed E-state index contributed by atoms with van der Waals surface area (Å²) in [4.78, 5) is 23.2. The summed E-state index contributed by atoms with van der Waals surface area (Å²) in [5.74, 6) is 0.584. The first kappa shape index (κ1) is 17.3. The van der Waals surface area contributed by atoms with Gasteiger partial charge in [-0.1, -0.05) is 18.2 Å². The summed E-state index contributed by atoms with van der Waals surface area (Å²) in [7, 11) is 1.60. The smallest absolute Gasteiger partial charge is 0.319 e. The maximum absolute atomic E-state index is 12.1. The number of rotatable bonds is 5. The zero-order valence-electron chi connectivity index (χ0n) is 14.0. The Labute approximate surface area is 141 Å². The van der Waals surface area contributed by atoms with Crippen LogP contribution >= 0.6 is 0 Å². The van der Waals surface area contributed by atoms with Crippen molar-refractivity contribution in [2.75, 3.05) is 17.7 Å². The molecule has 2 rings (SSSR count). The van der Waals surface area contributed by atoms with Gasteiger partial charge in [-0.3, -0.25) is 4.79 Å². The lowest BCUT2D eigenvalue weighted by Gasteiger charge is -2.12. The number of carbonyl (C=O) groups is 2. The van der Waals surface area contributed by atoms with Gasteiger partial charge in [0.25, 0.3) is 0 Å². The highest BCUT2D eigenvalue weighted by Crippen LogP contribution is 2.20. The summed E-state index contributed by atoms with van der Waals surface area (Å²) in [6, 6.07) is 12.5. The minimum atomic E-state index is -0.319. The summed E-state index contributed by atoms with van der Waals surface area (Å²) in [5, 5.41) is 8.27. The van der Waals surface area contributed by atoms with Gasteiger partial charge >= 0.3 is 6.03 Å². The first-order valence-corrected chi connectivity index (χ1v) is 7.54. The number of hydrogen-bond acceptors (Lipinski definition) is 3. The normalized spacial score (nSPS) is 9.96. The first-order valence-electron chi connectivity index (χ1n) is 7.54. The minimum Gasteiger partial charge on any atom is -0.497 e. The molecule has 0 fully saturated rings. The van der Waals surface area contributed by atoms with E-state index < -0.39 is 0 Å². The molecular formula is C18H21N3O3. The maximum Gasteiger partial charge on any atom is 0.319 e. The van der Waals surface area contributed by atoms with E-state index >= 15 is 0 Å². The average Bonchev–Trinajstić information content (AvgIpc) is 2.56. The Balaban J connectivity index is 1.97. The van der Waals surface area contributed by atoms with Crippen LogP contribution in [0, 0.1) is 6.92 Å². The summed E-state index contributed by atoms with van der Waals surface area (Å²) < 4.78 is 5.16. The number of anilines is 2. The van der Waals surface area contributed by atoms with Crippen LogP contribution in [0.4, 0.5) is 16.2 Å². The third kappa shape index (κ3) is 5.01. The van der Waals surface area contributed by atoms with Gasteiger partial charge in [-0.2, -0.15) is 0 Å². The van der Waals surface area contributed by atoms with Crippen LogP contribution in [0.15, 0.2) is 42.5 Å². The summed E-state index contributed by atoms with van der Waals surface area (Å²) in [5.41, 5.74) is 3.12. The molecule has 0 atom stereocenters. The van der Waals surface area contributed by atoms with Crippen molar-refractivity contribution in [2.24, 2.45) is 0 Å². The number of methoxy groups -OCH3 is 1. The second kappa shape index (κ2) is 8.01. The Bertz CT molecular complexity index is 744. The zero-order chi connectivity index (χ0) is 17.5. The van der Waals surface area contributed by atoms with E-state index in [0.29, 0.717) is 17.9 Å². The summed E-state index contributed by atoms with van der Waals surface area (Å²) >= 11 is 0. The lowest BCUT2D eigenvalue weighted by Crippen LogP contribution is -2.28. The predicted octanol–water partition coefficient (Wildman–Crippen LogP) is 3.28. The molecule has 0 heterocycles.